The Morgan fingerprint density at radius 3 is 2.60 bits per heavy atom. The Labute approximate surface area is 61.2 Å². The highest BCUT2D eigenvalue weighted by Crippen LogP contribution is 2.05. The van der Waals surface area contributed by atoms with Crippen LogP contribution in [0.25, 0.3) is 0 Å². The molecule has 0 spiro atoms. The molecule has 0 fully saturated rings. The summed E-state index contributed by atoms with van der Waals surface area (Å²) in [5, 5.41) is 7.06. The van der Waals surface area contributed by atoms with E-state index in [0.717, 1.165) is 12.0 Å². The van der Waals surface area contributed by atoms with Crippen molar-refractivity contribution in [2.75, 3.05) is 0 Å². The van der Waals surface area contributed by atoms with Gasteiger partial charge in [-0.1, -0.05) is 31.2 Å². The van der Waals surface area contributed by atoms with E-state index in [2.05, 4.69) is 13.0 Å². The number of aryl methyl sites for hydroxylation is 1. The molecule has 0 atom stereocenters. The van der Waals surface area contributed by atoms with Gasteiger partial charge in [-0.3, -0.25) is 0 Å². The average Bonchev–Trinajstić information content (AvgIpc) is 2.04. The highest BCUT2D eigenvalue weighted by molar-refractivity contribution is 5.79. The van der Waals surface area contributed by atoms with Crippen LogP contribution in [-0.2, 0) is 6.42 Å². The molecule has 0 saturated heterocycles. The summed E-state index contributed by atoms with van der Waals surface area (Å²) in [7, 11) is 0. The lowest BCUT2D eigenvalue weighted by atomic mass is 10.1. The van der Waals surface area contributed by atoms with Crippen LogP contribution in [0.5, 0.6) is 0 Å². The molecule has 1 nitrogen and oxygen atoms in total. The first-order valence-corrected chi connectivity index (χ1v) is 3.47. The van der Waals surface area contributed by atoms with E-state index in [1.165, 1.54) is 11.8 Å². The molecule has 1 aromatic rings. The molecule has 0 radical (unpaired) electrons. The molecule has 1 aromatic carbocycles. The van der Waals surface area contributed by atoms with Crippen molar-refractivity contribution in [2.24, 2.45) is 0 Å². The summed E-state index contributed by atoms with van der Waals surface area (Å²) in [6.07, 6.45) is 2.41. The Balaban J connectivity index is 3.08. The summed E-state index contributed by atoms with van der Waals surface area (Å²) >= 11 is 0. The zero-order valence-electron chi connectivity index (χ0n) is 6.09. The molecule has 0 aromatic heterocycles. The third-order valence-corrected chi connectivity index (χ3v) is 1.59. The Bertz CT molecular complexity index is 228. The number of hydrogen-bond donors (Lipinski definition) is 1. The first kappa shape index (κ1) is 7.00. The van der Waals surface area contributed by atoms with Gasteiger partial charge < -0.3 is 5.41 Å². The number of benzene rings is 1. The monoisotopic (exact) mass is 133 g/mol. The van der Waals surface area contributed by atoms with Gasteiger partial charge in [0.1, 0.15) is 0 Å². The van der Waals surface area contributed by atoms with E-state index in [1.54, 1.807) is 0 Å². The Hall–Kier alpha value is -1.11. The summed E-state index contributed by atoms with van der Waals surface area (Å²) in [5.74, 6) is 0. The molecular weight excluding hydrogens is 122 g/mol. The molecular formula is C9H11N. The smallest absolute Gasteiger partial charge is 0.0253 e. The van der Waals surface area contributed by atoms with Crippen molar-refractivity contribution >= 4 is 6.21 Å². The van der Waals surface area contributed by atoms with Crippen LogP contribution in [0.1, 0.15) is 18.1 Å². The van der Waals surface area contributed by atoms with E-state index in [0.29, 0.717) is 0 Å². The molecule has 0 amide bonds. The van der Waals surface area contributed by atoms with Crippen LogP contribution in [0.3, 0.4) is 0 Å². The fraction of sp³-hybridized carbons (Fsp3) is 0.222. The van der Waals surface area contributed by atoms with Gasteiger partial charge in [0.25, 0.3) is 0 Å². The van der Waals surface area contributed by atoms with Gasteiger partial charge in [-0.25, -0.2) is 0 Å². The fourth-order valence-electron chi connectivity index (χ4n) is 0.997. The second-order valence-electron chi connectivity index (χ2n) is 2.20. The largest absolute Gasteiger partial charge is 0.308 e. The molecule has 1 N–H and O–H groups in total. The Morgan fingerprint density at radius 2 is 2.10 bits per heavy atom. The second kappa shape index (κ2) is 3.16. The van der Waals surface area contributed by atoms with Crippen LogP contribution in [0.4, 0.5) is 0 Å². The van der Waals surface area contributed by atoms with Crippen LogP contribution in [-0.4, -0.2) is 6.21 Å². The van der Waals surface area contributed by atoms with Gasteiger partial charge in [0.15, 0.2) is 0 Å². The zero-order valence-corrected chi connectivity index (χ0v) is 6.09. The second-order valence-corrected chi connectivity index (χ2v) is 2.20. The van der Waals surface area contributed by atoms with Gasteiger partial charge in [0.2, 0.25) is 0 Å². The third kappa shape index (κ3) is 1.24. The SMILES string of the molecule is CCc1ccccc1C=N. The van der Waals surface area contributed by atoms with Gasteiger partial charge in [-0.05, 0) is 17.5 Å². The topological polar surface area (TPSA) is 23.9 Å². The van der Waals surface area contributed by atoms with Gasteiger partial charge in [0, 0.05) is 6.21 Å². The number of nitrogens with one attached hydrogen (secondary N) is 1. The minimum atomic E-state index is 1.01. The van der Waals surface area contributed by atoms with Crippen molar-refractivity contribution in [3.63, 3.8) is 0 Å². The molecule has 0 heterocycles. The quantitative estimate of drug-likeness (QED) is 0.598. The molecule has 52 valence electrons. The minimum Gasteiger partial charge on any atom is -0.308 e. The maximum Gasteiger partial charge on any atom is 0.0253 e. The van der Waals surface area contributed by atoms with Crippen LogP contribution in [0.2, 0.25) is 0 Å². The van der Waals surface area contributed by atoms with Gasteiger partial charge in [-0.2, -0.15) is 0 Å². The highest BCUT2D eigenvalue weighted by Gasteiger charge is 1.92. The van der Waals surface area contributed by atoms with Crippen LogP contribution in [0, 0.1) is 5.41 Å². The standard InChI is InChI=1S/C9H11N/c1-2-8-5-3-4-6-9(8)7-10/h3-7,10H,2H2,1H3. The zero-order chi connectivity index (χ0) is 7.40. The molecule has 0 saturated carbocycles. The van der Waals surface area contributed by atoms with Crippen molar-refractivity contribution < 1.29 is 0 Å². The molecule has 10 heavy (non-hydrogen) atoms. The predicted octanol–water partition coefficient (Wildman–Crippen LogP) is 2.25. The lowest BCUT2D eigenvalue weighted by Crippen LogP contribution is -1.88. The fourth-order valence-corrected chi connectivity index (χ4v) is 0.997. The highest BCUT2D eigenvalue weighted by atomic mass is 14.3. The van der Waals surface area contributed by atoms with Crippen LogP contribution < -0.4 is 0 Å². The Morgan fingerprint density at radius 1 is 1.40 bits per heavy atom. The van der Waals surface area contributed by atoms with Crippen LogP contribution in [0.15, 0.2) is 24.3 Å². The molecule has 0 unspecified atom stereocenters. The predicted molar refractivity (Wildman–Crippen MR) is 43.7 cm³/mol. The van der Waals surface area contributed by atoms with Crippen molar-refractivity contribution in [1.29, 1.82) is 5.41 Å². The summed E-state index contributed by atoms with van der Waals surface area (Å²) in [6, 6.07) is 7.98. The first-order valence-electron chi connectivity index (χ1n) is 3.47. The first-order chi connectivity index (χ1) is 4.88. The van der Waals surface area contributed by atoms with E-state index in [9.17, 15) is 0 Å². The number of hydrogen-bond acceptors (Lipinski definition) is 1. The van der Waals surface area contributed by atoms with Crippen molar-refractivity contribution in [2.45, 2.75) is 13.3 Å². The summed E-state index contributed by atoms with van der Waals surface area (Å²) in [6.45, 7) is 2.10. The summed E-state index contributed by atoms with van der Waals surface area (Å²) in [4.78, 5) is 0. The average molecular weight is 133 g/mol. The molecule has 0 aliphatic rings. The lowest BCUT2D eigenvalue weighted by Gasteiger charge is -1.98. The van der Waals surface area contributed by atoms with Gasteiger partial charge in [0.05, 0.1) is 0 Å². The summed E-state index contributed by atoms with van der Waals surface area (Å²) < 4.78 is 0. The molecule has 0 bridgehead atoms. The molecule has 1 rings (SSSR count). The maximum atomic E-state index is 7.06. The molecule has 1 heteroatoms. The minimum absolute atomic E-state index is 1.01. The van der Waals surface area contributed by atoms with Crippen molar-refractivity contribution in [3.8, 4) is 0 Å². The molecule has 0 aliphatic carbocycles. The van der Waals surface area contributed by atoms with Crippen molar-refractivity contribution in [1.82, 2.24) is 0 Å². The normalized spacial score (nSPS) is 9.30. The Kier molecular flexibility index (Phi) is 2.21. The van der Waals surface area contributed by atoms with Gasteiger partial charge in [-0.15, -0.1) is 0 Å². The van der Waals surface area contributed by atoms with E-state index in [4.69, 9.17) is 5.41 Å². The van der Waals surface area contributed by atoms with E-state index < -0.39 is 0 Å². The van der Waals surface area contributed by atoms with E-state index in [-0.39, 0.29) is 0 Å². The lowest BCUT2D eigenvalue weighted by molar-refractivity contribution is 1.13. The van der Waals surface area contributed by atoms with Gasteiger partial charge >= 0.3 is 0 Å². The van der Waals surface area contributed by atoms with Crippen molar-refractivity contribution in [3.05, 3.63) is 35.4 Å². The van der Waals surface area contributed by atoms with Crippen LogP contribution >= 0.6 is 0 Å². The third-order valence-electron chi connectivity index (χ3n) is 1.59. The molecule has 0 aliphatic heterocycles. The number of rotatable bonds is 2. The summed E-state index contributed by atoms with van der Waals surface area (Å²) in [5.41, 5.74) is 2.28. The maximum absolute atomic E-state index is 7.06. The van der Waals surface area contributed by atoms with E-state index in [1.807, 2.05) is 18.2 Å². The van der Waals surface area contributed by atoms with E-state index >= 15 is 0 Å².